The second-order valence-corrected chi connectivity index (χ2v) is 4.83. The Bertz CT molecular complexity index is 613. The highest BCUT2D eigenvalue weighted by atomic mass is 35.5. The summed E-state index contributed by atoms with van der Waals surface area (Å²) in [6, 6.07) is 0. The number of hydrogen-bond acceptors (Lipinski definition) is 9. The highest BCUT2D eigenvalue weighted by Gasteiger charge is 2.22. The van der Waals surface area contributed by atoms with E-state index in [9.17, 15) is 19.2 Å². The molecule has 0 saturated carbocycles. The van der Waals surface area contributed by atoms with E-state index >= 15 is 0 Å². The number of anilines is 2. The monoisotopic (exact) mass is 377 g/mol. The second kappa shape index (κ2) is 8.58. The highest BCUT2D eigenvalue weighted by Crippen LogP contribution is 2.16. The summed E-state index contributed by atoms with van der Waals surface area (Å²) in [7, 11) is 0. The number of carboxylic acids is 4. The molecule has 0 aliphatic carbocycles. The Morgan fingerprint density at radius 3 is 1.20 bits per heavy atom. The molecule has 0 aliphatic rings. The van der Waals surface area contributed by atoms with E-state index in [4.69, 9.17) is 32.0 Å². The third-order valence-corrected chi connectivity index (χ3v) is 2.62. The van der Waals surface area contributed by atoms with Crippen molar-refractivity contribution in [3.63, 3.8) is 0 Å². The van der Waals surface area contributed by atoms with Crippen LogP contribution < -0.4 is 9.80 Å². The van der Waals surface area contributed by atoms with Gasteiger partial charge in [0.2, 0.25) is 17.2 Å². The highest BCUT2D eigenvalue weighted by molar-refractivity contribution is 6.28. The van der Waals surface area contributed by atoms with Crippen molar-refractivity contribution in [1.82, 2.24) is 15.0 Å². The molecule has 136 valence electrons. The molecule has 25 heavy (non-hydrogen) atoms. The lowest BCUT2D eigenvalue weighted by Gasteiger charge is -2.22. The Hall–Kier alpha value is -3.22. The largest absolute Gasteiger partial charge is 0.480 e. The lowest BCUT2D eigenvalue weighted by molar-refractivity contribution is -0.138. The second-order valence-electron chi connectivity index (χ2n) is 4.49. The van der Waals surface area contributed by atoms with Gasteiger partial charge >= 0.3 is 23.9 Å². The molecule has 0 bridgehead atoms. The van der Waals surface area contributed by atoms with Crippen molar-refractivity contribution in [2.75, 3.05) is 36.0 Å². The number of rotatable bonds is 10. The maximum atomic E-state index is 10.9. The molecule has 14 heteroatoms. The molecular weight excluding hydrogens is 366 g/mol. The number of halogens is 1. The summed E-state index contributed by atoms with van der Waals surface area (Å²) in [6.07, 6.45) is 0. The first-order valence-corrected chi connectivity index (χ1v) is 6.75. The van der Waals surface area contributed by atoms with Crippen molar-refractivity contribution in [3.05, 3.63) is 5.28 Å². The molecule has 1 aromatic heterocycles. The van der Waals surface area contributed by atoms with E-state index in [1.165, 1.54) is 0 Å². The number of aromatic nitrogens is 3. The van der Waals surface area contributed by atoms with Gasteiger partial charge in [0.1, 0.15) is 26.2 Å². The number of carboxylic acid groups (broad SMARTS) is 4. The molecule has 0 saturated heterocycles. The van der Waals surface area contributed by atoms with Gasteiger partial charge in [-0.2, -0.15) is 15.0 Å². The van der Waals surface area contributed by atoms with E-state index < -0.39 is 67.2 Å². The van der Waals surface area contributed by atoms with Crippen LogP contribution in [0.5, 0.6) is 0 Å². The number of hydrogen-bond donors (Lipinski definition) is 4. The first kappa shape index (κ1) is 19.8. The third-order valence-electron chi connectivity index (χ3n) is 2.45. The summed E-state index contributed by atoms with van der Waals surface area (Å²) in [6.45, 7) is -3.15. The van der Waals surface area contributed by atoms with Crippen LogP contribution in [0.15, 0.2) is 0 Å². The van der Waals surface area contributed by atoms with Crippen LogP contribution in [0.25, 0.3) is 0 Å². The quantitative estimate of drug-likeness (QED) is 0.367. The normalized spacial score (nSPS) is 10.1. The SMILES string of the molecule is O=C(O)CN(CC(=O)O)c1nc(Cl)nc(N(CC(=O)O)CC(=O)O)n1. The Morgan fingerprint density at radius 1 is 0.680 bits per heavy atom. The van der Waals surface area contributed by atoms with Crippen LogP contribution in [0.4, 0.5) is 11.9 Å². The summed E-state index contributed by atoms with van der Waals surface area (Å²) in [5.41, 5.74) is 0. The van der Waals surface area contributed by atoms with Crippen molar-refractivity contribution in [2.24, 2.45) is 0 Å². The zero-order valence-electron chi connectivity index (χ0n) is 12.4. The average Bonchev–Trinajstić information content (AvgIpc) is 2.43. The van der Waals surface area contributed by atoms with Crippen molar-refractivity contribution >= 4 is 47.4 Å². The molecule has 1 heterocycles. The summed E-state index contributed by atoms with van der Waals surface area (Å²) in [5, 5.41) is 34.9. The number of carbonyl (C=O) groups is 4. The first-order chi connectivity index (χ1) is 11.6. The van der Waals surface area contributed by atoms with Crippen LogP contribution in [0.1, 0.15) is 0 Å². The van der Waals surface area contributed by atoms with E-state index in [-0.39, 0.29) is 0 Å². The van der Waals surface area contributed by atoms with Crippen molar-refractivity contribution < 1.29 is 39.6 Å². The predicted octanol–water partition coefficient (Wildman–Crippen LogP) is -1.52. The minimum Gasteiger partial charge on any atom is -0.480 e. The third kappa shape index (κ3) is 6.82. The fraction of sp³-hybridized carbons (Fsp3) is 0.364. The standard InChI is InChI=1S/C11H12ClN5O8/c12-9-13-10(16(1-5(18)19)2-6(20)21)15-11(14-9)17(3-7(22)23)4-8(24)25/h1-4H2,(H,18,19)(H,20,21)(H,22,23)(H,24,25). The molecule has 0 radical (unpaired) electrons. The van der Waals surface area contributed by atoms with Gasteiger partial charge in [-0.1, -0.05) is 0 Å². The molecule has 0 amide bonds. The molecule has 13 nitrogen and oxygen atoms in total. The molecular formula is C11H12ClN5O8. The van der Waals surface area contributed by atoms with Crippen LogP contribution in [-0.2, 0) is 19.2 Å². The molecule has 1 rings (SSSR count). The minimum atomic E-state index is -1.38. The Labute approximate surface area is 144 Å². The average molecular weight is 378 g/mol. The molecule has 0 atom stereocenters. The molecule has 4 N–H and O–H groups in total. The summed E-state index contributed by atoms with van der Waals surface area (Å²) >= 11 is 5.68. The van der Waals surface area contributed by atoms with E-state index in [2.05, 4.69) is 15.0 Å². The first-order valence-electron chi connectivity index (χ1n) is 6.37. The Kier molecular flexibility index (Phi) is 6.81. The maximum Gasteiger partial charge on any atom is 0.323 e. The zero-order chi connectivity index (χ0) is 19.1. The minimum absolute atomic E-state index is 0.458. The fourth-order valence-electron chi connectivity index (χ4n) is 1.66. The zero-order valence-corrected chi connectivity index (χ0v) is 13.1. The fourth-order valence-corrected chi connectivity index (χ4v) is 1.81. The van der Waals surface area contributed by atoms with Gasteiger partial charge in [-0.25, -0.2) is 0 Å². The van der Waals surface area contributed by atoms with Crippen LogP contribution in [-0.4, -0.2) is 85.4 Å². The van der Waals surface area contributed by atoms with Crippen molar-refractivity contribution in [1.29, 1.82) is 0 Å². The van der Waals surface area contributed by atoms with E-state index in [0.29, 0.717) is 0 Å². The summed E-state index contributed by atoms with van der Waals surface area (Å²) in [5.74, 6) is -6.44. The van der Waals surface area contributed by atoms with E-state index in [0.717, 1.165) is 9.80 Å². The lowest BCUT2D eigenvalue weighted by Crippen LogP contribution is -2.38. The molecule has 0 aliphatic heterocycles. The van der Waals surface area contributed by atoms with Gasteiger partial charge < -0.3 is 30.2 Å². The van der Waals surface area contributed by atoms with Gasteiger partial charge in [0.25, 0.3) is 0 Å². The smallest absolute Gasteiger partial charge is 0.323 e. The van der Waals surface area contributed by atoms with Crippen LogP contribution in [0.3, 0.4) is 0 Å². The summed E-state index contributed by atoms with van der Waals surface area (Å²) in [4.78, 5) is 55.8. The maximum absolute atomic E-state index is 10.9. The van der Waals surface area contributed by atoms with E-state index in [1.54, 1.807) is 0 Å². The predicted molar refractivity (Wildman–Crippen MR) is 79.8 cm³/mol. The van der Waals surface area contributed by atoms with Crippen LogP contribution in [0.2, 0.25) is 5.28 Å². The molecule has 0 unspecified atom stereocenters. The van der Waals surface area contributed by atoms with E-state index in [1.807, 2.05) is 0 Å². The summed E-state index contributed by atoms with van der Waals surface area (Å²) < 4.78 is 0. The molecule has 0 fully saturated rings. The Balaban J connectivity index is 3.28. The molecule has 0 spiro atoms. The van der Waals surface area contributed by atoms with Gasteiger partial charge in [-0.15, -0.1) is 0 Å². The topological polar surface area (TPSA) is 194 Å². The van der Waals surface area contributed by atoms with Crippen LogP contribution in [0, 0.1) is 0 Å². The molecule has 1 aromatic rings. The Morgan fingerprint density at radius 2 is 0.960 bits per heavy atom. The molecule has 0 aromatic carbocycles. The van der Waals surface area contributed by atoms with Crippen LogP contribution >= 0.6 is 11.6 Å². The van der Waals surface area contributed by atoms with Gasteiger partial charge in [0.05, 0.1) is 0 Å². The van der Waals surface area contributed by atoms with Crippen molar-refractivity contribution in [3.8, 4) is 0 Å². The lowest BCUT2D eigenvalue weighted by atomic mass is 10.4. The van der Waals surface area contributed by atoms with Gasteiger partial charge in [0, 0.05) is 0 Å². The number of nitrogens with zero attached hydrogens (tertiary/aromatic N) is 5. The van der Waals surface area contributed by atoms with Gasteiger partial charge in [-0.05, 0) is 11.6 Å². The van der Waals surface area contributed by atoms with Crippen molar-refractivity contribution in [2.45, 2.75) is 0 Å². The van der Waals surface area contributed by atoms with Gasteiger partial charge in [0.15, 0.2) is 0 Å². The number of aliphatic carboxylic acids is 4. The van der Waals surface area contributed by atoms with Gasteiger partial charge in [-0.3, -0.25) is 19.2 Å².